The molecule has 2 heterocycles. The van der Waals surface area contributed by atoms with Crippen LogP contribution in [0.15, 0.2) is 12.3 Å². The van der Waals surface area contributed by atoms with Gasteiger partial charge in [0.25, 0.3) is 0 Å². The maximum atomic E-state index is 3.34. The largest absolute Gasteiger partial charge is 0.318 e. The maximum absolute atomic E-state index is 3.34. The third-order valence-electron chi connectivity index (χ3n) is 2.19. The zero-order chi connectivity index (χ0) is 6.97. The molecule has 0 aromatic heterocycles. The van der Waals surface area contributed by atoms with Crippen molar-refractivity contribution in [2.24, 2.45) is 5.92 Å². The lowest BCUT2D eigenvalue weighted by Gasteiger charge is -2.32. The van der Waals surface area contributed by atoms with Crippen LogP contribution >= 0.6 is 0 Å². The summed E-state index contributed by atoms with van der Waals surface area (Å²) in [5.74, 6) is 0.807. The van der Waals surface area contributed by atoms with E-state index in [9.17, 15) is 0 Å². The molecule has 3 nitrogen and oxygen atoms in total. The molecule has 0 saturated carbocycles. The number of nitrogens with one attached hydrogen (secondary N) is 2. The Kier molecular flexibility index (Phi) is 1.39. The zero-order valence-electron chi connectivity index (χ0n) is 6.17. The predicted octanol–water partition coefficient (Wildman–Crippen LogP) is -0.462. The Morgan fingerprint density at radius 2 is 2.30 bits per heavy atom. The SMILES string of the molecule is CN1C=CC(C2CNC2)N1. The van der Waals surface area contributed by atoms with E-state index in [1.54, 1.807) is 0 Å². The van der Waals surface area contributed by atoms with Crippen molar-refractivity contribution >= 4 is 0 Å². The molecular weight excluding hydrogens is 126 g/mol. The minimum atomic E-state index is 0.575. The number of nitrogens with zero attached hydrogens (tertiary/aromatic N) is 1. The molecule has 1 fully saturated rings. The molecule has 56 valence electrons. The van der Waals surface area contributed by atoms with Crippen molar-refractivity contribution in [2.45, 2.75) is 6.04 Å². The van der Waals surface area contributed by atoms with Gasteiger partial charge in [0.05, 0.1) is 6.04 Å². The third kappa shape index (κ3) is 0.914. The van der Waals surface area contributed by atoms with Crippen molar-refractivity contribution in [1.82, 2.24) is 15.8 Å². The van der Waals surface area contributed by atoms with E-state index in [0.717, 1.165) is 19.0 Å². The molecule has 1 saturated heterocycles. The highest BCUT2D eigenvalue weighted by atomic mass is 15.5. The summed E-state index contributed by atoms with van der Waals surface area (Å²) in [6.45, 7) is 2.33. The van der Waals surface area contributed by atoms with Crippen molar-refractivity contribution in [3.8, 4) is 0 Å². The lowest BCUT2D eigenvalue weighted by atomic mass is 9.95. The van der Waals surface area contributed by atoms with Crippen LogP contribution in [0, 0.1) is 5.92 Å². The Labute approximate surface area is 61.1 Å². The molecular formula is C7H13N3. The van der Waals surface area contributed by atoms with Gasteiger partial charge in [-0.3, -0.25) is 0 Å². The first kappa shape index (κ1) is 6.19. The van der Waals surface area contributed by atoms with E-state index < -0.39 is 0 Å². The molecule has 2 aliphatic heterocycles. The second-order valence-corrected chi connectivity index (χ2v) is 3.03. The highest BCUT2D eigenvalue weighted by Gasteiger charge is 2.27. The van der Waals surface area contributed by atoms with E-state index >= 15 is 0 Å². The minimum Gasteiger partial charge on any atom is -0.318 e. The monoisotopic (exact) mass is 139 g/mol. The lowest BCUT2D eigenvalue weighted by molar-refractivity contribution is 0.229. The topological polar surface area (TPSA) is 27.3 Å². The van der Waals surface area contributed by atoms with Crippen molar-refractivity contribution in [2.75, 3.05) is 20.1 Å². The van der Waals surface area contributed by atoms with Crippen molar-refractivity contribution < 1.29 is 0 Å². The first-order valence-corrected chi connectivity index (χ1v) is 3.74. The van der Waals surface area contributed by atoms with Crippen LogP contribution < -0.4 is 10.7 Å². The smallest absolute Gasteiger partial charge is 0.0512 e. The average Bonchev–Trinajstić information content (AvgIpc) is 2.10. The second-order valence-electron chi connectivity index (χ2n) is 3.03. The Morgan fingerprint density at radius 3 is 2.70 bits per heavy atom. The Hall–Kier alpha value is -0.540. The van der Waals surface area contributed by atoms with Gasteiger partial charge in [-0.2, -0.15) is 0 Å². The average molecular weight is 139 g/mol. The molecule has 1 unspecified atom stereocenters. The lowest BCUT2D eigenvalue weighted by Crippen LogP contribution is -2.52. The highest BCUT2D eigenvalue weighted by Crippen LogP contribution is 2.13. The minimum absolute atomic E-state index is 0.575. The van der Waals surface area contributed by atoms with Crippen molar-refractivity contribution in [3.05, 3.63) is 12.3 Å². The van der Waals surface area contributed by atoms with Gasteiger partial charge in [0, 0.05) is 32.3 Å². The molecule has 10 heavy (non-hydrogen) atoms. The fourth-order valence-electron chi connectivity index (χ4n) is 1.37. The van der Waals surface area contributed by atoms with E-state index in [1.807, 2.05) is 12.1 Å². The van der Waals surface area contributed by atoms with Crippen LogP contribution in [-0.2, 0) is 0 Å². The van der Waals surface area contributed by atoms with Gasteiger partial charge >= 0.3 is 0 Å². The normalized spacial score (nSPS) is 32.9. The molecule has 2 N–H and O–H groups in total. The molecule has 0 aromatic rings. The van der Waals surface area contributed by atoms with Gasteiger partial charge in [0.1, 0.15) is 0 Å². The summed E-state index contributed by atoms with van der Waals surface area (Å²) in [5, 5.41) is 5.28. The standard InChI is InChI=1S/C7H13N3/c1-10-3-2-7(9-10)6-4-8-5-6/h2-3,6-9H,4-5H2,1H3. The predicted molar refractivity (Wildman–Crippen MR) is 40.2 cm³/mol. The Morgan fingerprint density at radius 1 is 1.50 bits per heavy atom. The molecule has 0 radical (unpaired) electrons. The summed E-state index contributed by atoms with van der Waals surface area (Å²) in [6, 6.07) is 0.575. The molecule has 0 aromatic carbocycles. The van der Waals surface area contributed by atoms with E-state index in [1.165, 1.54) is 0 Å². The van der Waals surface area contributed by atoms with Gasteiger partial charge in [-0.15, -0.1) is 0 Å². The van der Waals surface area contributed by atoms with Gasteiger partial charge < -0.3 is 10.3 Å². The fraction of sp³-hybridized carbons (Fsp3) is 0.714. The molecule has 2 rings (SSSR count). The summed E-state index contributed by atoms with van der Waals surface area (Å²) < 4.78 is 0. The molecule has 3 heteroatoms. The zero-order valence-corrected chi connectivity index (χ0v) is 6.17. The van der Waals surface area contributed by atoms with Crippen LogP contribution in [0.1, 0.15) is 0 Å². The first-order chi connectivity index (χ1) is 4.86. The van der Waals surface area contributed by atoms with Crippen LogP contribution in [0.25, 0.3) is 0 Å². The first-order valence-electron chi connectivity index (χ1n) is 3.74. The summed E-state index contributed by atoms with van der Waals surface area (Å²) >= 11 is 0. The highest BCUT2D eigenvalue weighted by molar-refractivity contribution is 5.04. The second kappa shape index (κ2) is 2.25. The van der Waals surface area contributed by atoms with Crippen LogP contribution in [-0.4, -0.2) is 31.2 Å². The van der Waals surface area contributed by atoms with Crippen molar-refractivity contribution in [3.63, 3.8) is 0 Å². The van der Waals surface area contributed by atoms with Crippen LogP contribution in [0.4, 0.5) is 0 Å². The molecule has 1 atom stereocenters. The molecule has 0 bridgehead atoms. The van der Waals surface area contributed by atoms with Gasteiger partial charge in [0.15, 0.2) is 0 Å². The summed E-state index contributed by atoms with van der Waals surface area (Å²) in [5.41, 5.74) is 3.34. The van der Waals surface area contributed by atoms with Gasteiger partial charge in [-0.1, -0.05) is 0 Å². The molecule has 0 amide bonds. The van der Waals surface area contributed by atoms with Crippen LogP contribution in [0.3, 0.4) is 0 Å². The van der Waals surface area contributed by atoms with Crippen LogP contribution in [0.5, 0.6) is 0 Å². The van der Waals surface area contributed by atoms with Gasteiger partial charge in [-0.25, -0.2) is 5.43 Å². The summed E-state index contributed by atoms with van der Waals surface area (Å²) in [6.07, 6.45) is 4.31. The maximum Gasteiger partial charge on any atom is 0.0512 e. The van der Waals surface area contributed by atoms with E-state index in [4.69, 9.17) is 0 Å². The number of hydrogen-bond donors (Lipinski definition) is 2. The van der Waals surface area contributed by atoms with Crippen molar-refractivity contribution in [1.29, 1.82) is 0 Å². The third-order valence-corrected chi connectivity index (χ3v) is 2.19. The molecule has 0 spiro atoms. The molecule has 0 aliphatic carbocycles. The van der Waals surface area contributed by atoms with E-state index in [-0.39, 0.29) is 0 Å². The van der Waals surface area contributed by atoms with E-state index in [0.29, 0.717) is 6.04 Å². The summed E-state index contributed by atoms with van der Waals surface area (Å²) in [7, 11) is 2.03. The van der Waals surface area contributed by atoms with Gasteiger partial charge in [0.2, 0.25) is 0 Å². The summed E-state index contributed by atoms with van der Waals surface area (Å²) in [4.78, 5) is 0. The van der Waals surface area contributed by atoms with Crippen LogP contribution in [0.2, 0.25) is 0 Å². The number of hydrazine groups is 1. The molecule has 2 aliphatic rings. The van der Waals surface area contributed by atoms with E-state index in [2.05, 4.69) is 23.0 Å². The fourth-order valence-corrected chi connectivity index (χ4v) is 1.37. The number of hydrogen-bond acceptors (Lipinski definition) is 3. The quantitative estimate of drug-likeness (QED) is 0.514. The Balaban J connectivity index is 1.89. The Bertz CT molecular complexity index is 151. The number of rotatable bonds is 1. The van der Waals surface area contributed by atoms with Gasteiger partial charge in [-0.05, 0) is 6.08 Å².